The fraction of sp³-hybridized carbons (Fsp3) is 0.222. The summed E-state index contributed by atoms with van der Waals surface area (Å²) in [5, 5.41) is 5.87. The van der Waals surface area contributed by atoms with Gasteiger partial charge in [0, 0.05) is 18.1 Å². The highest BCUT2D eigenvalue weighted by atomic mass is 35.5. The van der Waals surface area contributed by atoms with Crippen LogP contribution in [0.3, 0.4) is 0 Å². The molecule has 2 amide bonds. The van der Waals surface area contributed by atoms with Crippen molar-refractivity contribution in [1.82, 2.24) is 10.6 Å². The minimum atomic E-state index is -0.627. The molecule has 2 aromatic carbocycles. The Morgan fingerprint density at radius 3 is 2.39 bits per heavy atom. The monoisotopic (exact) mass is 330 g/mol. The van der Waals surface area contributed by atoms with Gasteiger partial charge in [-0.25, -0.2) is 0 Å². The Kier molecular flexibility index (Phi) is 6.18. The zero-order valence-electron chi connectivity index (χ0n) is 12.9. The van der Waals surface area contributed by atoms with Crippen molar-refractivity contribution < 1.29 is 9.59 Å². The Hall–Kier alpha value is -2.33. The molecule has 0 heterocycles. The fourth-order valence-corrected chi connectivity index (χ4v) is 2.39. The molecule has 5 heteroatoms. The first kappa shape index (κ1) is 17.0. The molecule has 2 N–H and O–H groups in total. The van der Waals surface area contributed by atoms with E-state index in [9.17, 15) is 9.59 Å². The van der Waals surface area contributed by atoms with Crippen molar-refractivity contribution in [3.63, 3.8) is 0 Å². The largest absolute Gasteiger partial charge is 0.348 e. The lowest BCUT2D eigenvalue weighted by atomic mass is 10.1. The van der Waals surface area contributed by atoms with Crippen LogP contribution in [0.5, 0.6) is 0 Å². The average molecular weight is 331 g/mol. The third-order valence-electron chi connectivity index (χ3n) is 3.33. The standard InChI is InChI=1S/C18H19ClN2O2/c1-13-4-2-6-15(10-13)12-21-18(23)17(22)20-9-8-14-5-3-7-16(19)11-14/h2-7,10-11H,8-9,12H2,1H3,(H,20,22)(H,21,23). The minimum absolute atomic E-state index is 0.336. The third kappa shape index (κ3) is 5.75. The van der Waals surface area contributed by atoms with Crippen LogP contribution in [0, 0.1) is 6.92 Å². The maximum absolute atomic E-state index is 11.8. The number of aryl methyl sites for hydroxylation is 1. The van der Waals surface area contributed by atoms with Crippen LogP contribution in [0.2, 0.25) is 5.02 Å². The van der Waals surface area contributed by atoms with Crippen molar-refractivity contribution in [2.24, 2.45) is 0 Å². The first-order chi connectivity index (χ1) is 11.0. The van der Waals surface area contributed by atoms with Crippen molar-refractivity contribution in [1.29, 1.82) is 0 Å². The van der Waals surface area contributed by atoms with Crippen molar-refractivity contribution in [3.8, 4) is 0 Å². The van der Waals surface area contributed by atoms with Crippen LogP contribution in [-0.2, 0) is 22.6 Å². The van der Waals surface area contributed by atoms with Gasteiger partial charge >= 0.3 is 11.8 Å². The third-order valence-corrected chi connectivity index (χ3v) is 3.57. The zero-order valence-corrected chi connectivity index (χ0v) is 13.7. The lowest BCUT2D eigenvalue weighted by Crippen LogP contribution is -2.40. The van der Waals surface area contributed by atoms with Crippen LogP contribution >= 0.6 is 11.6 Å². The van der Waals surface area contributed by atoms with E-state index in [1.165, 1.54) is 0 Å². The number of rotatable bonds is 5. The SMILES string of the molecule is Cc1cccc(CNC(=O)C(=O)NCCc2cccc(Cl)c2)c1. The molecule has 0 saturated carbocycles. The molecule has 0 spiro atoms. The van der Waals surface area contributed by atoms with E-state index in [2.05, 4.69) is 10.6 Å². The van der Waals surface area contributed by atoms with Gasteiger partial charge in [-0.05, 0) is 36.6 Å². The molecule has 0 unspecified atom stereocenters. The molecule has 0 radical (unpaired) electrons. The summed E-state index contributed by atoms with van der Waals surface area (Å²) < 4.78 is 0. The van der Waals surface area contributed by atoms with E-state index >= 15 is 0 Å². The maximum atomic E-state index is 11.8. The molecule has 4 nitrogen and oxygen atoms in total. The number of amides is 2. The van der Waals surface area contributed by atoms with E-state index in [0.717, 1.165) is 16.7 Å². The Morgan fingerprint density at radius 1 is 0.957 bits per heavy atom. The maximum Gasteiger partial charge on any atom is 0.309 e. The number of carbonyl (C=O) groups is 2. The summed E-state index contributed by atoms with van der Waals surface area (Å²) >= 11 is 5.90. The molecule has 0 aliphatic heterocycles. The summed E-state index contributed by atoms with van der Waals surface area (Å²) in [6.07, 6.45) is 0.622. The van der Waals surface area contributed by atoms with Gasteiger partial charge in [0.05, 0.1) is 0 Å². The van der Waals surface area contributed by atoms with Gasteiger partial charge in [-0.1, -0.05) is 53.6 Å². The quantitative estimate of drug-likeness (QED) is 0.828. The van der Waals surface area contributed by atoms with E-state index in [0.29, 0.717) is 24.5 Å². The second-order valence-corrected chi connectivity index (χ2v) is 5.74. The number of carbonyl (C=O) groups excluding carboxylic acids is 2. The van der Waals surface area contributed by atoms with E-state index in [1.54, 1.807) is 6.07 Å². The van der Waals surface area contributed by atoms with E-state index in [1.807, 2.05) is 49.4 Å². The molecule has 2 rings (SSSR count). The molecule has 0 bridgehead atoms. The predicted molar refractivity (Wildman–Crippen MR) is 91.2 cm³/mol. The van der Waals surface area contributed by atoms with E-state index in [-0.39, 0.29) is 0 Å². The lowest BCUT2D eigenvalue weighted by Gasteiger charge is -2.07. The molecule has 120 valence electrons. The van der Waals surface area contributed by atoms with Crippen LogP contribution in [0.15, 0.2) is 48.5 Å². The highest BCUT2D eigenvalue weighted by molar-refractivity contribution is 6.35. The normalized spacial score (nSPS) is 10.2. The summed E-state index contributed by atoms with van der Waals surface area (Å²) in [6, 6.07) is 15.2. The zero-order chi connectivity index (χ0) is 16.7. The number of nitrogens with one attached hydrogen (secondary N) is 2. The summed E-state index contributed by atoms with van der Waals surface area (Å²) in [5.41, 5.74) is 3.09. The van der Waals surface area contributed by atoms with Gasteiger partial charge in [0.15, 0.2) is 0 Å². The molecule has 0 aliphatic rings. The molecular formula is C18H19ClN2O2. The van der Waals surface area contributed by atoms with Gasteiger partial charge < -0.3 is 10.6 Å². The molecule has 23 heavy (non-hydrogen) atoms. The van der Waals surface area contributed by atoms with Crippen LogP contribution in [0.4, 0.5) is 0 Å². The Balaban J connectivity index is 1.73. The van der Waals surface area contributed by atoms with Crippen LogP contribution in [-0.4, -0.2) is 18.4 Å². The molecule has 0 fully saturated rings. The van der Waals surface area contributed by atoms with Crippen molar-refractivity contribution >= 4 is 23.4 Å². The van der Waals surface area contributed by atoms with Crippen molar-refractivity contribution in [2.45, 2.75) is 19.9 Å². The molecule has 0 aromatic heterocycles. The first-order valence-electron chi connectivity index (χ1n) is 7.40. The summed E-state index contributed by atoms with van der Waals surface area (Å²) in [4.78, 5) is 23.5. The van der Waals surface area contributed by atoms with Crippen LogP contribution in [0.1, 0.15) is 16.7 Å². The fourth-order valence-electron chi connectivity index (χ4n) is 2.18. The highest BCUT2D eigenvalue weighted by Crippen LogP contribution is 2.10. The molecular weight excluding hydrogens is 312 g/mol. The summed E-state index contributed by atoms with van der Waals surface area (Å²) in [6.45, 7) is 2.70. The van der Waals surface area contributed by atoms with Crippen molar-refractivity contribution in [2.75, 3.05) is 6.54 Å². The van der Waals surface area contributed by atoms with Crippen LogP contribution in [0.25, 0.3) is 0 Å². The Bertz CT molecular complexity index is 701. The first-order valence-corrected chi connectivity index (χ1v) is 7.78. The number of hydrogen-bond acceptors (Lipinski definition) is 2. The van der Waals surface area contributed by atoms with Gasteiger partial charge in [0.1, 0.15) is 0 Å². The summed E-state index contributed by atoms with van der Waals surface area (Å²) in [7, 11) is 0. The van der Waals surface area contributed by atoms with Gasteiger partial charge in [-0.2, -0.15) is 0 Å². The van der Waals surface area contributed by atoms with E-state index < -0.39 is 11.8 Å². The van der Waals surface area contributed by atoms with E-state index in [4.69, 9.17) is 11.6 Å². The van der Waals surface area contributed by atoms with Gasteiger partial charge in [-0.15, -0.1) is 0 Å². The molecule has 2 aromatic rings. The van der Waals surface area contributed by atoms with Crippen LogP contribution < -0.4 is 10.6 Å². The molecule has 0 saturated heterocycles. The highest BCUT2D eigenvalue weighted by Gasteiger charge is 2.12. The molecule has 0 aliphatic carbocycles. The lowest BCUT2D eigenvalue weighted by molar-refractivity contribution is -0.139. The van der Waals surface area contributed by atoms with Gasteiger partial charge in [0.25, 0.3) is 0 Å². The molecule has 0 atom stereocenters. The predicted octanol–water partition coefficient (Wildman–Crippen LogP) is 2.62. The minimum Gasteiger partial charge on any atom is -0.348 e. The smallest absolute Gasteiger partial charge is 0.309 e. The second kappa shape index (κ2) is 8.34. The van der Waals surface area contributed by atoms with Gasteiger partial charge in [0.2, 0.25) is 0 Å². The average Bonchev–Trinajstić information content (AvgIpc) is 2.52. The summed E-state index contributed by atoms with van der Waals surface area (Å²) in [5.74, 6) is -1.25. The number of hydrogen-bond donors (Lipinski definition) is 2. The second-order valence-electron chi connectivity index (χ2n) is 5.31. The number of halogens is 1. The number of benzene rings is 2. The Morgan fingerprint density at radius 2 is 1.65 bits per heavy atom. The van der Waals surface area contributed by atoms with Crippen molar-refractivity contribution in [3.05, 3.63) is 70.2 Å². The Labute approximate surface area is 140 Å². The topological polar surface area (TPSA) is 58.2 Å². The van der Waals surface area contributed by atoms with Gasteiger partial charge in [-0.3, -0.25) is 9.59 Å².